The number of likely N-dealkylation sites (tertiary alicyclic amines) is 1. The number of hydrogen-bond donors (Lipinski definition) is 1. The summed E-state index contributed by atoms with van der Waals surface area (Å²) < 4.78 is 40.4. The lowest BCUT2D eigenvalue weighted by Crippen LogP contribution is -2.41. The minimum atomic E-state index is -4.46. The van der Waals surface area contributed by atoms with Crippen LogP contribution in [0.5, 0.6) is 0 Å². The Balaban J connectivity index is 1.60. The molecule has 134 valence electrons. The van der Waals surface area contributed by atoms with Crippen LogP contribution in [-0.2, 0) is 30.4 Å². The Morgan fingerprint density at radius 3 is 2.62 bits per heavy atom. The number of hydrogen-bond acceptors (Lipinski definition) is 3. The lowest BCUT2D eigenvalue weighted by atomic mass is 10.2. The van der Waals surface area contributed by atoms with Crippen LogP contribution >= 0.6 is 0 Å². The van der Waals surface area contributed by atoms with Crippen LogP contribution in [0.3, 0.4) is 0 Å². The van der Waals surface area contributed by atoms with Crippen molar-refractivity contribution in [3.05, 3.63) is 17.0 Å². The van der Waals surface area contributed by atoms with Crippen LogP contribution in [0.15, 0.2) is 0 Å². The average molecular weight is 344 g/mol. The van der Waals surface area contributed by atoms with E-state index in [-0.39, 0.29) is 24.1 Å². The molecule has 1 N–H and O–H groups in total. The molecule has 1 aliphatic heterocycles. The molecule has 0 bridgehead atoms. The van der Waals surface area contributed by atoms with Gasteiger partial charge in [-0.25, -0.2) is 0 Å². The summed E-state index contributed by atoms with van der Waals surface area (Å²) in [5.41, 5.74) is -0.000893. The zero-order valence-electron chi connectivity index (χ0n) is 13.8. The van der Waals surface area contributed by atoms with Gasteiger partial charge in [0, 0.05) is 23.8 Å². The highest BCUT2D eigenvalue weighted by molar-refractivity contribution is 5.75. The van der Waals surface area contributed by atoms with Crippen molar-refractivity contribution in [3.63, 3.8) is 0 Å². The van der Waals surface area contributed by atoms with E-state index in [4.69, 9.17) is 0 Å². The summed E-state index contributed by atoms with van der Waals surface area (Å²) in [6.45, 7) is 4.50. The number of alkyl halides is 3. The summed E-state index contributed by atoms with van der Waals surface area (Å²) in [5, 5.41) is 6.49. The summed E-state index contributed by atoms with van der Waals surface area (Å²) in [5.74, 6) is -0.285. The lowest BCUT2D eigenvalue weighted by Gasteiger charge is -2.23. The molecule has 1 aromatic rings. The van der Waals surface area contributed by atoms with E-state index >= 15 is 0 Å². The first-order valence-corrected chi connectivity index (χ1v) is 8.52. The molecule has 1 amide bonds. The third-order valence-electron chi connectivity index (χ3n) is 4.93. The molecule has 0 spiro atoms. The van der Waals surface area contributed by atoms with Gasteiger partial charge in [0.25, 0.3) is 0 Å². The van der Waals surface area contributed by atoms with E-state index in [2.05, 4.69) is 22.2 Å². The van der Waals surface area contributed by atoms with Crippen molar-refractivity contribution in [3.8, 4) is 0 Å². The Hall–Kier alpha value is -1.57. The third-order valence-corrected chi connectivity index (χ3v) is 4.93. The Labute approximate surface area is 139 Å². The van der Waals surface area contributed by atoms with Crippen LogP contribution < -0.4 is 5.32 Å². The fraction of sp³-hybridized carbons (Fsp3) is 0.750. The maximum absolute atomic E-state index is 13.0. The van der Waals surface area contributed by atoms with E-state index in [1.165, 1.54) is 17.5 Å². The van der Waals surface area contributed by atoms with E-state index in [1.54, 1.807) is 0 Å². The zero-order chi connectivity index (χ0) is 17.3. The van der Waals surface area contributed by atoms with Crippen LogP contribution in [-0.4, -0.2) is 46.3 Å². The van der Waals surface area contributed by atoms with Crippen molar-refractivity contribution >= 4 is 5.91 Å². The van der Waals surface area contributed by atoms with Gasteiger partial charge < -0.3 is 5.32 Å². The second kappa shape index (κ2) is 6.74. The molecule has 1 fully saturated rings. The predicted molar refractivity (Wildman–Crippen MR) is 82.5 cm³/mol. The fourth-order valence-electron chi connectivity index (χ4n) is 3.63. The molecule has 1 aliphatic carbocycles. The van der Waals surface area contributed by atoms with E-state index in [0.29, 0.717) is 31.5 Å². The molecular weight excluding hydrogens is 321 g/mol. The lowest BCUT2D eigenvalue weighted by molar-refractivity contribution is -0.142. The normalized spacial score (nSPS) is 19.5. The van der Waals surface area contributed by atoms with Gasteiger partial charge in [0.15, 0.2) is 5.69 Å². The van der Waals surface area contributed by atoms with E-state index in [0.717, 1.165) is 13.1 Å². The predicted octanol–water partition coefficient (Wildman–Crippen LogP) is 1.99. The van der Waals surface area contributed by atoms with Gasteiger partial charge in [-0.2, -0.15) is 18.3 Å². The molecule has 0 saturated carbocycles. The minimum Gasteiger partial charge on any atom is -0.353 e. The number of carbonyl (C=O) groups excluding carboxylic acids is 1. The second-order valence-corrected chi connectivity index (χ2v) is 6.68. The van der Waals surface area contributed by atoms with Gasteiger partial charge in [-0.1, -0.05) is 0 Å². The van der Waals surface area contributed by atoms with Gasteiger partial charge in [-0.15, -0.1) is 0 Å². The summed E-state index contributed by atoms with van der Waals surface area (Å²) >= 11 is 0. The molecule has 0 aromatic carbocycles. The first-order chi connectivity index (χ1) is 11.4. The number of amides is 1. The number of rotatable bonds is 5. The van der Waals surface area contributed by atoms with E-state index in [9.17, 15) is 18.0 Å². The monoisotopic (exact) mass is 344 g/mol. The smallest absolute Gasteiger partial charge is 0.353 e. The average Bonchev–Trinajstić information content (AvgIpc) is 3.22. The molecule has 5 nitrogen and oxygen atoms in total. The van der Waals surface area contributed by atoms with Gasteiger partial charge >= 0.3 is 6.18 Å². The van der Waals surface area contributed by atoms with Crippen LogP contribution in [0.1, 0.15) is 43.1 Å². The van der Waals surface area contributed by atoms with Gasteiger partial charge in [-0.05, 0) is 52.1 Å². The molecular formula is C16H23F3N4O. The molecule has 1 unspecified atom stereocenters. The Morgan fingerprint density at radius 1 is 1.25 bits per heavy atom. The molecule has 8 heteroatoms. The SMILES string of the molecule is CC(CNC(=O)Cn1nc(C(F)(F)F)c2c1CCC2)N1CCCC1. The van der Waals surface area contributed by atoms with Crippen molar-refractivity contribution in [2.24, 2.45) is 0 Å². The summed E-state index contributed by atoms with van der Waals surface area (Å²) in [4.78, 5) is 14.4. The van der Waals surface area contributed by atoms with Crippen molar-refractivity contribution in [1.29, 1.82) is 0 Å². The van der Waals surface area contributed by atoms with E-state index < -0.39 is 11.9 Å². The molecule has 0 radical (unpaired) electrons. The molecule has 2 aliphatic rings. The van der Waals surface area contributed by atoms with Gasteiger partial charge in [-0.3, -0.25) is 14.4 Å². The van der Waals surface area contributed by atoms with Gasteiger partial charge in [0.2, 0.25) is 5.91 Å². The van der Waals surface area contributed by atoms with Gasteiger partial charge in [0.05, 0.1) is 0 Å². The molecule has 3 rings (SSSR count). The summed E-state index contributed by atoms with van der Waals surface area (Å²) in [6, 6.07) is 0.241. The van der Waals surface area contributed by atoms with Crippen molar-refractivity contribution in [2.45, 2.75) is 57.8 Å². The number of nitrogens with zero attached hydrogens (tertiary/aromatic N) is 3. The largest absolute Gasteiger partial charge is 0.435 e. The van der Waals surface area contributed by atoms with Gasteiger partial charge in [0.1, 0.15) is 6.54 Å². The van der Waals surface area contributed by atoms with Crippen LogP contribution in [0.2, 0.25) is 0 Å². The highest BCUT2D eigenvalue weighted by Crippen LogP contribution is 2.36. The quantitative estimate of drug-likeness (QED) is 0.889. The molecule has 1 atom stereocenters. The number of aromatic nitrogens is 2. The van der Waals surface area contributed by atoms with Crippen LogP contribution in [0.25, 0.3) is 0 Å². The molecule has 24 heavy (non-hydrogen) atoms. The Bertz CT molecular complexity index is 605. The summed E-state index contributed by atoms with van der Waals surface area (Å²) in [7, 11) is 0. The first kappa shape index (κ1) is 17.3. The maximum atomic E-state index is 13.0. The first-order valence-electron chi connectivity index (χ1n) is 8.52. The van der Waals surface area contributed by atoms with Crippen molar-refractivity contribution < 1.29 is 18.0 Å². The standard InChI is InChI=1S/C16H23F3N4O/c1-11(22-7-2-3-8-22)9-20-14(24)10-23-13-6-4-5-12(13)15(21-23)16(17,18)19/h11H,2-10H2,1H3,(H,20,24). The number of halogens is 3. The fourth-order valence-corrected chi connectivity index (χ4v) is 3.63. The molecule has 2 heterocycles. The third kappa shape index (κ3) is 3.58. The Morgan fingerprint density at radius 2 is 1.96 bits per heavy atom. The summed E-state index contributed by atoms with van der Waals surface area (Å²) in [6.07, 6.45) is -0.478. The molecule has 1 saturated heterocycles. The highest BCUT2D eigenvalue weighted by Gasteiger charge is 2.40. The highest BCUT2D eigenvalue weighted by atomic mass is 19.4. The van der Waals surface area contributed by atoms with Crippen LogP contribution in [0.4, 0.5) is 13.2 Å². The minimum absolute atomic E-state index is 0.148. The number of carbonyl (C=O) groups is 1. The number of fused-ring (bicyclic) bond motifs is 1. The van der Waals surface area contributed by atoms with Crippen LogP contribution in [0, 0.1) is 0 Å². The maximum Gasteiger partial charge on any atom is 0.435 e. The zero-order valence-corrected chi connectivity index (χ0v) is 13.8. The van der Waals surface area contributed by atoms with Crippen molar-refractivity contribution in [2.75, 3.05) is 19.6 Å². The van der Waals surface area contributed by atoms with E-state index in [1.807, 2.05) is 0 Å². The Kier molecular flexibility index (Phi) is 4.85. The topological polar surface area (TPSA) is 50.2 Å². The molecule has 1 aromatic heterocycles. The second-order valence-electron chi connectivity index (χ2n) is 6.68. The van der Waals surface area contributed by atoms with Crippen molar-refractivity contribution in [1.82, 2.24) is 20.0 Å². The number of nitrogens with one attached hydrogen (secondary N) is 1.